The quantitative estimate of drug-likeness (QED) is 0.509. The predicted molar refractivity (Wildman–Crippen MR) is 117 cm³/mol. The summed E-state index contributed by atoms with van der Waals surface area (Å²) in [5.74, 6) is -3.78. The summed E-state index contributed by atoms with van der Waals surface area (Å²) in [5.41, 5.74) is -1.21. The van der Waals surface area contributed by atoms with E-state index in [1.54, 1.807) is 44.1 Å². The number of ketones is 1. The summed E-state index contributed by atoms with van der Waals surface area (Å²) >= 11 is 0. The average molecular weight is 450 g/mol. The van der Waals surface area contributed by atoms with Crippen LogP contribution in [0.15, 0.2) is 52.2 Å². The van der Waals surface area contributed by atoms with Crippen LogP contribution in [0.4, 0.5) is 0 Å². The maximum atomic E-state index is 13.9. The Balaban J connectivity index is 1.83. The minimum atomic E-state index is -1.88. The molecule has 172 valence electrons. The van der Waals surface area contributed by atoms with E-state index in [1.165, 1.54) is 20.1 Å². The third-order valence-corrected chi connectivity index (χ3v) is 6.62. The zero-order valence-corrected chi connectivity index (χ0v) is 19.2. The van der Waals surface area contributed by atoms with Crippen LogP contribution in [0.2, 0.25) is 0 Å². The normalized spacial score (nSPS) is 27.1. The van der Waals surface area contributed by atoms with Gasteiger partial charge in [-0.1, -0.05) is 45.0 Å². The van der Waals surface area contributed by atoms with Crippen molar-refractivity contribution in [3.63, 3.8) is 0 Å². The second-order valence-electron chi connectivity index (χ2n) is 10.3. The first-order valence-corrected chi connectivity index (χ1v) is 10.9. The van der Waals surface area contributed by atoms with E-state index in [0.29, 0.717) is 11.3 Å². The number of hydrazone groups is 1. The van der Waals surface area contributed by atoms with E-state index in [9.17, 15) is 14.4 Å². The Bertz CT molecular complexity index is 1150. The van der Waals surface area contributed by atoms with Gasteiger partial charge in [0.25, 0.3) is 5.79 Å². The summed E-state index contributed by atoms with van der Waals surface area (Å²) in [5, 5.41) is 6.17. The fourth-order valence-corrected chi connectivity index (χ4v) is 5.23. The lowest BCUT2D eigenvalue weighted by molar-refractivity contribution is -0.254. The summed E-state index contributed by atoms with van der Waals surface area (Å²) in [6, 6.07) is 8.85. The van der Waals surface area contributed by atoms with E-state index in [0.717, 1.165) is 5.56 Å². The van der Waals surface area contributed by atoms with Crippen LogP contribution in [0.5, 0.6) is 0 Å². The fraction of sp³-hybridized carbons (Fsp3) is 0.440. The lowest BCUT2D eigenvalue weighted by Gasteiger charge is -2.43. The molecule has 8 nitrogen and oxygen atoms in total. The Kier molecular flexibility index (Phi) is 4.41. The van der Waals surface area contributed by atoms with Crippen molar-refractivity contribution in [3.05, 3.63) is 59.5 Å². The molecule has 2 fully saturated rings. The second-order valence-corrected chi connectivity index (χ2v) is 10.3. The number of nitrogens with zero attached hydrogens (tertiary/aromatic N) is 2. The van der Waals surface area contributed by atoms with E-state index in [1.807, 2.05) is 24.3 Å². The topological polar surface area (TPSA) is 98.4 Å². The van der Waals surface area contributed by atoms with Crippen molar-refractivity contribution in [2.75, 3.05) is 0 Å². The number of carbonyl (C=O) groups excluding carboxylic acids is 3. The summed E-state index contributed by atoms with van der Waals surface area (Å²) in [7, 11) is 0. The van der Waals surface area contributed by atoms with Crippen molar-refractivity contribution in [3.8, 4) is 0 Å². The molecule has 0 saturated carbocycles. The van der Waals surface area contributed by atoms with Crippen LogP contribution in [0.1, 0.15) is 63.5 Å². The maximum absolute atomic E-state index is 13.9. The number of carbonyl (C=O) groups is 3. The number of cyclic esters (lactones) is 2. The minimum Gasteiger partial charge on any atom is -0.469 e. The maximum Gasteiger partial charge on any atom is 0.330 e. The lowest BCUT2D eigenvalue weighted by atomic mass is 9.65. The first-order chi connectivity index (χ1) is 15.5. The predicted octanol–water partition coefficient (Wildman–Crippen LogP) is 3.57. The molecule has 1 aromatic carbocycles. The second kappa shape index (κ2) is 6.79. The van der Waals surface area contributed by atoms with Gasteiger partial charge in [0.1, 0.15) is 17.8 Å². The smallest absolute Gasteiger partial charge is 0.330 e. The molecule has 3 aliphatic rings. The number of fused-ring (bicyclic) bond motifs is 4. The van der Waals surface area contributed by atoms with Gasteiger partial charge in [0.2, 0.25) is 5.41 Å². The number of benzene rings is 1. The van der Waals surface area contributed by atoms with Gasteiger partial charge in [0.15, 0.2) is 5.78 Å². The van der Waals surface area contributed by atoms with Gasteiger partial charge >= 0.3 is 11.9 Å². The molecule has 33 heavy (non-hydrogen) atoms. The number of Topliss-reactive ketones (excluding diaryl/α,β-unsaturated/α-hetero) is 1. The highest BCUT2D eigenvalue weighted by Gasteiger charge is 2.76. The van der Waals surface area contributed by atoms with E-state index >= 15 is 0 Å². The summed E-state index contributed by atoms with van der Waals surface area (Å²) in [6.45, 7) is 8.42. The molecule has 2 saturated heterocycles. The van der Waals surface area contributed by atoms with Gasteiger partial charge in [-0.25, -0.2) is 0 Å². The largest absolute Gasteiger partial charge is 0.469 e. The average Bonchev–Trinajstić information content (AvgIpc) is 3.35. The molecule has 3 aliphatic heterocycles. The third kappa shape index (κ3) is 2.89. The van der Waals surface area contributed by atoms with Gasteiger partial charge in [-0.2, -0.15) is 5.10 Å². The first kappa shape index (κ1) is 21.4. The van der Waals surface area contributed by atoms with Crippen molar-refractivity contribution in [2.45, 2.75) is 58.4 Å². The molecule has 0 amide bonds. The molecular weight excluding hydrogens is 424 g/mol. The van der Waals surface area contributed by atoms with Crippen LogP contribution < -0.4 is 0 Å². The van der Waals surface area contributed by atoms with Crippen molar-refractivity contribution in [1.82, 2.24) is 5.01 Å². The van der Waals surface area contributed by atoms with Gasteiger partial charge < -0.3 is 13.9 Å². The number of furan rings is 1. The molecule has 0 aliphatic carbocycles. The van der Waals surface area contributed by atoms with Crippen molar-refractivity contribution < 1.29 is 28.3 Å². The van der Waals surface area contributed by atoms with Crippen molar-refractivity contribution >= 4 is 23.9 Å². The van der Waals surface area contributed by atoms with Gasteiger partial charge in [-0.15, -0.1) is 0 Å². The Morgan fingerprint density at radius 1 is 1.03 bits per heavy atom. The standard InChI is InChI=1S/C25H26N2O6/c1-23(2,3)20(28)18-17(16-11-8-12-31-16)25(21(29)32-24(4,5)33-22(25)30)19-15-10-7-6-9-14(15)13-26-27(18)19/h6-13,17-19H,1-5H3. The van der Waals surface area contributed by atoms with E-state index < -0.39 is 46.6 Å². The lowest BCUT2D eigenvalue weighted by Crippen LogP contribution is -2.58. The van der Waals surface area contributed by atoms with Crippen LogP contribution >= 0.6 is 0 Å². The number of ether oxygens (including phenoxy) is 2. The Morgan fingerprint density at radius 2 is 1.70 bits per heavy atom. The first-order valence-electron chi connectivity index (χ1n) is 10.9. The number of esters is 2. The van der Waals surface area contributed by atoms with E-state index in [-0.39, 0.29) is 5.78 Å². The highest BCUT2D eigenvalue weighted by Crippen LogP contribution is 2.63. The monoisotopic (exact) mass is 450 g/mol. The summed E-state index contributed by atoms with van der Waals surface area (Å²) in [6.07, 6.45) is 3.11. The summed E-state index contributed by atoms with van der Waals surface area (Å²) in [4.78, 5) is 41.6. The molecule has 8 heteroatoms. The minimum absolute atomic E-state index is 0.173. The highest BCUT2D eigenvalue weighted by atomic mass is 16.7. The Hall–Kier alpha value is -3.42. The molecule has 0 radical (unpaired) electrons. The van der Waals surface area contributed by atoms with Crippen LogP contribution in [0, 0.1) is 10.8 Å². The molecule has 5 rings (SSSR count). The number of hydrogen-bond acceptors (Lipinski definition) is 8. The van der Waals surface area contributed by atoms with Crippen LogP contribution in [0.25, 0.3) is 0 Å². The fourth-order valence-electron chi connectivity index (χ4n) is 5.23. The SMILES string of the molecule is CC1(C)OC(=O)C2(C(=O)O1)C(c1ccco1)C(C(=O)C(C)(C)C)N1N=Cc3ccccc3C12. The van der Waals surface area contributed by atoms with Crippen LogP contribution in [-0.2, 0) is 23.9 Å². The van der Waals surface area contributed by atoms with Gasteiger partial charge in [0, 0.05) is 19.3 Å². The zero-order chi connectivity index (χ0) is 23.8. The van der Waals surface area contributed by atoms with E-state index in [2.05, 4.69) is 5.10 Å². The van der Waals surface area contributed by atoms with Crippen molar-refractivity contribution in [2.24, 2.45) is 15.9 Å². The number of hydrogen-bond donors (Lipinski definition) is 0. The van der Waals surface area contributed by atoms with Gasteiger partial charge in [-0.3, -0.25) is 19.4 Å². The molecular formula is C25H26N2O6. The molecule has 1 spiro atoms. The molecule has 3 atom stereocenters. The van der Waals surface area contributed by atoms with Gasteiger partial charge in [0.05, 0.1) is 18.4 Å². The molecule has 0 N–H and O–H groups in total. The highest BCUT2D eigenvalue weighted by molar-refractivity contribution is 6.07. The Labute approximate surface area is 191 Å². The molecule has 2 aromatic rings. The Morgan fingerprint density at radius 3 is 2.30 bits per heavy atom. The van der Waals surface area contributed by atoms with E-state index in [4.69, 9.17) is 13.9 Å². The molecule has 1 aromatic heterocycles. The third-order valence-electron chi connectivity index (χ3n) is 6.62. The molecule has 4 heterocycles. The van der Waals surface area contributed by atoms with Crippen LogP contribution in [-0.4, -0.2) is 40.8 Å². The number of rotatable bonds is 2. The van der Waals surface area contributed by atoms with Gasteiger partial charge in [-0.05, 0) is 23.3 Å². The molecule has 3 unspecified atom stereocenters. The molecule has 0 bridgehead atoms. The zero-order valence-electron chi connectivity index (χ0n) is 19.2. The van der Waals surface area contributed by atoms with Crippen LogP contribution in [0.3, 0.4) is 0 Å². The van der Waals surface area contributed by atoms with Crippen molar-refractivity contribution in [1.29, 1.82) is 0 Å². The summed E-state index contributed by atoms with van der Waals surface area (Å²) < 4.78 is 17.1.